The molecule has 0 bridgehead atoms. The molecule has 0 spiro atoms. The van der Waals surface area contributed by atoms with Crippen LogP contribution >= 0.6 is 0 Å². The van der Waals surface area contributed by atoms with Crippen molar-refractivity contribution < 1.29 is 0 Å². The molecule has 1 fully saturated rings. The largest absolute Gasteiger partial charge is 0.348 e. The molecular weight excluding hydrogens is 226 g/mol. The Morgan fingerprint density at radius 3 is 2.67 bits per heavy atom. The number of likely N-dealkylation sites (N-methyl/N-ethyl adjacent to an activating group) is 1. The van der Waals surface area contributed by atoms with Crippen LogP contribution in [0.1, 0.15) is 18.5 Å². The quantitative estimate of drug-likeness (QED) is 0.723. The van der Waals surface area contributed by atoms with Gasteiger partial charge >= 0.3 is 0 Å². The summed E-state index contributed by atoms with van der Waals surface area (Å²) in [4.78, 5) is 8.88. The Hall–Kier alpha value is -1.07. The number of aromatic nitrogens is 2. The number of nitrogens with zero attached hydrogens (tertiary/aromatic N) is 4. The van der Waals surface area contributed by atoms with Crippen molar-refractivity contribution in [2.75, 3.05) is 39.1 Å². The predicted octanol–water partition coefficient (Wildman–Crippen LogP) is 0.670. The lowest BCUT2D eigenvalue weighted by Crippen LogP contribution is -2.30. The second kappa shape index (κ2) is 5.71. The first-order valence-corrected chi connectivity index (χ1v) is 6.68. The summed E-state index contributed by atoms with van der Waals surface area (Å²) in [6.45, 7) is 3.05. The van der Waals surface area contributed by atoms with Crippen molar-refractivity contribution in [2.45, 2.75) is 25.4 Å². The van der Waals surface area contributed by atoms with E-state index in [0.717, 1.165) is 31.6 Å². The lowest BCUT2D eigenvalue weighted by molar-refractivity contribution is 0.321. The van der Waals surface area contributed by atoms with Crippen molar-refractivity contribution in [1.29, 1.82) is 0 Å². The standard InChI is InChI=1S/C13H25N5/c1-16(2)13-15-10-12(18(13)4)9-14-7-8-17(3)11-5-6-11/h10-11,14H,5-9H2,1-4H3. The second-order valence-electron chi connectivity index (χ2n) is 5.39. The predicted molar refractivity (Wildman–Crippen MR) is 74.9 cm³/mol. The Balaban J connectivity index is 1.72. The maximum absolute atomic E-state index is 4.41. The molecule has 1 N–H and O–H groups in total. The molecule has 0 amide bonds. The Labute approximate surface area is 110 Å². The van der Waals surface area contributed by atoms with E-state index in [1.165, 1.54) is 18.5 Å². The second-order valence-corrected chi connectivity index (χ2v) is 5.39. The minimum atomic E-state index is 0.851. The molecule has 102 valence electrons. The van der Waals surface area contributed by atoms with Gasteiger partial charge in [-0.2, -0.15) is 0 Å². The third kappa shape index (κ3) is 3.23. The average Bonchev–Trinajstić information content (AvgIpc) is 3.10. The normalized spacial score (nSPS) is 15.4. The Kier molecular flexibility index (Phi) is 4.24. The van der Waals surface area contributed by atoms with Gasteiger partial charge in [-0.3, -0.25) is 0 Å². The summed E-state index contributed by atoms with van der Waals surface area (Å²) in [5.41, 5.74) is 1.23. The number of rotatable bonds is 7. The molecule has 0 saturated heterocycles. The van der Waals surface area contributed by atoms with E-state index in [2.05, 4.69) is 33.9 Å². The fraction of sp³-hybridized carbons (Fsp3) is 0.769. The van der Waals surface area contributed by atoms with E-state index >= 15 is 0 Å². The molecule has 1 saturated carbocycles. The highest BCUT2D eigenvalue weighted by atomic mass is 15.3. The van der Waals surface area contributed by atoms with Crippen molar-refractivity contribution in [3.05, 3.63) is 11.9 Å². The van der Waals surface area contributed by atoms with Gasteiger partial charge in [0.25, 0.3) is 0 Å². The van der Waals surface area contributed by atoms with Crippen LogP contribution in [-0.4, -0.2) is 54.7 Å². The number of imidazole rings is 1. The molecule has 5 heteroatoms. The molecule has 2 rings (SSSR count). The Morgan fingerprint density at radius 2 is 2.11 bits per heavy atom. The van der Waals surface area contributed by atoms with Gasteiger partial charge in [0.1, 0.15) is 0 Å². The van der Waals surface area contributed by atoms with Gasteiger partial charge in [-0.25, -0.2) is 4.98 Å². The lowest BCUT2D eigenvalue weighted by Gasteiger charge is -2.16. The van der Waals surface area contributed by atoms with Crippen LogP contribution in [0.4, 0.5) is 5.95 Å². The Morgan fingerprint density at radius 1 is 1.39 bits per heavy atom. The summed E-state index contributed by atoms with van der Waals surface area (Å²) in [5.74, 6) is 1.00. The van der Waals surface area contributed by atoms with E-state index in [0.29, 0.717) is 0 Å². The highest BCUT2D eigenvalue weighted by Gasteiger charge is 2.25. The molecule has 0 radical (unpaired) electrons. The van der Waals surface area contributed by atoms with Gasteiger partial charge in [-0.15, -0.1) is 0 Å². The molecular formula is C13H25N5. The highest BCUT2D eigenvalue weighted by Crippen LogP contribution is 2.24. The molecule has 1 aromatic rings. The van der Waals surface area contributed by atoms with Crippen molar-refractivity contribution in [3.8, 4) is 0 Å². The smallest absolute Gasteiger partial charge is 0.204 e. The summed E-state index contributed by atoms with van der Waals surface area (Å²) < 4.78 is 2.14. The zero-order valence-corrected chi connectivity index (χ0v) is 12.0. The third-order valence-electron chi connectivity index (χ3n) is 3.58. The Bertz CT molecular complexity index is 381. The van der Waals surface area contributed by atoms with Gasteiger partial charge in [-0.05, 0) is 19.9 Å². The van der Waals surface area contributed by atoms with Gasteiger partial charge in [0.05, 0.1) is 11.9 Å². The monoisotopic (exact) mass is 251 g/mol. The van der Waals surface area contributed by atoms with E-state index in [1.807, 2.05) is 25.2 Å². The maximum atomic E-state index is 4.41. The molecule has 0 atom stereocenters. The van der Waals surface area contributed by atoms with Crippen LogP contribution < -0.4 is 10.2 Å². The van der Waals surface area contributed by atoms with E-state index in [4.69, 9.17) is 0 Å². The lowest BCUT2D eigenvalue weighted by atomic mass is 10.4. The van der Waals surface area contributed by atoms with Crippen LogP contribution in [0.25, 0.3) is 0 Å². The topological polar surface area (TPSA) is 36.3 Å². The molecule has 1 aliphatic carbocycles. The van der Waals surface area contributed by atoms with E-state index in [1.54, 1.807) is 0 Å². The number of anilines is 1. The van der Waals surface area contributed by atoms with Crippen LogP contribution in [-0.2, 0) is 13.6 Å². The van der Waals surface area contributed by atoms with Gasteiger partial charge in [0, 0.05) is 46.8 Å². The van der Waals surface area contributed by atoms with Gasteiger partial charge < -0.3 is 19.7 Å². The number of nitrogens with one attached hydrogen (secondary N) is 1. The highest BCUT2D eigenvalue weighted by molar-refractivity contribution is 5.30. The molecule has 5 nitrogen and oxygen atoms in total. The first kappa shape index (κ1) is 13.4. The fourth-order valence-corrected chi connectivity index (χ4v) is 2.18. The molecule has 0 aliphatic heterocycles. The summed E-state index contributed by atoms with van der Waals surface area (Å²) in [7, 11) is 8.32. The van der Waals surface area contributed by atoms with Gasteiger partial charge in [0.2, 0.25) is 5.95 Å². The zero-order chi connectivity index (χ0) is 13.1. The SMILES string of the molecule is CN(C)c1ncc(CNCCN(C)C2CC2)n1C. The maximum Gasteiger partial charge on any atom is 0.204 e. The molecule has 1 heterocycles. The summed E-state index contributed by atoms with van der Waals surface area (Å²) in [6.07, 6.45) is 4.71. The molecule has 0 aromatic carbocycles. The molecule has 1 aliphatic rings. The van der Waals surface area contributed by atoms with Crippen molar-refractivity contribution in [2.24, 2.45) is 7.05 Å². The van der Waals surface area contributed by atoms with Crippen molar-refractivity contribution >= 4 is 5.95 Å². The zero-order valence-electron chi connectivity index (χ0n) is 12.0. The van der Waals surface area contributed by atoms with Gasteiger partial charge in [0.15, 0.2) is 0 Å². The number of hydrogen-bond donors (Lipinski definition) is 1. The van der Waals surface area contributed by atoms with Crippen LogP contribution in [0, 0.1) is 0 Å². The van der Waals surface area contributed by atoms with E-state index < -0.39 is 0 Å². The number of hydrogen-bond acceptors (Lipinski definition) is 4. The summed E-state index contributed by atoms with van der Waals surface area (Å²) in [5, 5.41) is 3.49. The molecule has 1 aromatic heterocycles. The minimum absolute atomic E-state index is 0.851. The van der Waals surface area contributed by atoms with E-state index in [-0.39, 0.29) is 0 Å². The van der Waals surface area contributed by atoms with Crippen molar-refractivity contribution in [1.82, 2.24) is 19.8 Å². The molecule has 0 unspecified atom stereocenters. The molecule has 18 heavy (non-hydrogen) atoms. The van der Waals surface area contributed by atoms with Crippen molar-refractivity contribution in [3.63, 3.8) is 0 Å². The summed E-state index contributed by atoms with van der Waals surface area (Å²) >= 11 is 0. The van der Waals surface area contributed by atoms with Crippen LogP contribution in [0.3, 0.4) is 0 Å². The minimum Gasteiger partial charge on any atom is -0.348 e. The summed E-state index contributed by atoms with van der Waals surface area (Å²) in [6, 6.07) is 0.851. The van der Waals surface area contributed by atoms with Crippen LogP contribution in [0.5, 0.6) is 0 Å². The first-order chi connectivity index (χ1) is 8.59. The third-order valence-corrected chi connectivity index (χ3v) is 3.58. The van der Waals surface area contributed by atoms with Gasteiger partial charge in [-0.1, -0.05) is 0 Å². The van der Waals surface area contributed by atoms with Crippen LogP contribution in [0.2, 0.25) is 0 Å². The van der Waals surface area contributed by atoms with E-state index in [9.17, 15) is 0 Å². The van der Waals surface area contributed by atoms with Crippen LogP contribution in [0.15, 0.2) is 6.20 Å². The fourth-order valence-electron chi connectivity index (χ4n) is 2.18. The average molecular weight is 251 g/mol. The first-order valence-electron chi connectivity index (χ1n) is 6.68.